The molecule has 1 aliphatic rings. The molecule has 1 aromatic heterocycles. The number of piperazine rings is 1. The number of methoxy groups -OCH3 is 1. The van der Waals surface area contributed by atoms with Crippen LogP contribution in [0.5, 0.6) is 0 Å². The first-order valence-electron chi connectivity index (χ1n) is 7.75. The highest BCUT2D eigenvalue weighted by molar-refractivity contribution is 7.80. The number of halogens is 2. The lowest BCUT2D eigenvalue weighted by Gasteiger charge is -2.30. The minimum absolute atomic E-state index is 0.0153. The fourth-order valence-corrected chi connectivity index (χ4v) is 2.91. The second kappa shape index (κ2) is 7.70. The van der Waals surface area contributed by atoms with Crippen molar-refractivity contribution in [2.24, 2.45) is 0 Å². The zero-order valence-corrected chi connectivity index (χ0v) is 14.4. The minimum atomic E-state index is -0.688. The van der Waals surface area contributed by atoms with Gasteiger partial charge in [0.2, 0.25) is 0 Å². The predicted molar refractivity (Wildman–Crippen MR) is 92.4 cm³/mol. The quantitative estimate of drug-likeness (QED) is 0.698. The Morgan fingerprint density at radius 3 is 2.56 bits per heavy atom. The van der Waals surface area contributed by atoms with Crippen LogP contribution < -0.4 is 15.5 Å². The smallest absolute Gasteiger partial charge is 0.257 e. The largest absolute Gasteiger partial charge is 0.474 e. The van der Waals surface area contributed by atoms with Gasteiger partial charge in [-0.05, 0) is 29.9 Å². The van der Waals surface area contributed by atoms with Crippen LogP contribution in [0.15, 0.2) is 18.3 Å². The van der Waals surface area contributed by atoms with Gasteiger partial charge in [-0.2, -0.15) is 15.4 Å². The standard InChI is InChI=1S/C15H18F2N6OS/c1-24-15(25)20-13(12-8-19-22-21-12)9-6-10(16)14(11(17)7-9)23-4-2-18-3-5-23/h6-8,13,18H,2-5H2,1H3,(H,20,25)(H,19,21,22). The number of ether oxygens (including phenoxy) is 1. The third-order valence-electron chi connectivity index (χ3n) is 3.98. The lowest BCUT2D eigenvalue weighted by molar-refractivity contribution is 0.386. The van der Waals surface area contributed by atoms with Crippen LogP contribution in [0.25, 0.3) is 0 Å². The van der Waals surface area contributed by atoms with Crippen molar-refractivity contribution in [2.45, 2.75) is 6.04 Å². The highest BCUT2D eigenvalue weighted by Gasteiger charge is 2.25. The third-order valence-corrected chi connectivity index (χ3v) is 4.27. The minimum Gasteiger partial charge on any atom is -0.474 e. The van der Waals surface area contributed by atoms with Crippen LogP contribution >= 0.6 is 12.2 Å². The average Bonchev–Trinajstić information content (AvgIpc) is 3.14. The first-order valence-corrected chi connectivity index (χ1v) is 8.15. The summed E-state index contributed by atoms with van der Waals surface area (Å²) in [5.74, 6) is -1.26. The van der Waals surface area contributed by atoms with Crippen molar-refractivity contribution in [3.8, 4) is 0 Å². The molecule has 0 radical (unpaired) electrons. The van der Waals surface area contributed by atoms with Crippen molar-refractivity contribution >= 4 is 23.1 Å². The van der Waals surface area contributed by atoms with Crippen LogP contribution in [0.2, 0.25) is 0 Å². The van der Waals surface area contributed by atoms with E-state index < -0.39 is 17.7 Å². The van der Waals surface area contributed by atoms with Crippen molar-refractivity contribution in [1.82, 2.24) is 26.0 Å². The number of thiocarbonyl (C=S) groups is 1. The molecular formula is C15H18F2N6OS. The summed E-state index contributed by atoms with van der Waals surface area (Å²) in [5, 5.41) is 16.3. The molecule has 10 heteroatoms. The molecule has 1 fully saturated rings. The summed E-state index contributed by atoms with van der Waals surface area (Å²) in [5.41, 5.74) is 0.758. The molecule has 0 spiro atoms. The van der Waals surface area contributed by atoms with E-state index in [1.54, 1.807) is 4.90 Å². The van der Waals surface area contributed by atoms with Gasteiger partial charge in [-0.3, -0.25) is 0 Å². The third kappa shape index (κ3) is 3.85. The number of nitrogens with zero attached hydrogens (tertiary/aromatic N) is 3. The van der Waals surface area contributed by atoms with Gasteiger partial charge in [-0.15, -0.1) is 0 Å². The number of anilines is 1. The number of hydrogen-bond acceptors (Lipinski definition) is 6. The predicted octanol–water partition coefficient (Wildman–Crippen LogP) is 1.10. The Morgan fingerprint density at radius 2 is 2.00 bits per heavy atom. The molecule has 7 nitrogen and oxygen atoms in total. The molecule has 134 valence electrons. The summed E-state index contributed by atoms with van der Waals surface area (Å²) in [7, 11) is 1.41. The molecule has 0 bridgehead atoms. The van der Waals surface area contributed by atoms with Crippen LogP contribution in [0.3, 0.4) is 0 Å². The van der Waals surface area contributed by atoms with Gasteiger partial charge in [0.25, 0.3) is 5.17 Å². The maximum atomic E-state index is 14.7. The van der Waals surface area contributed by atoms with Crippen molar-refractivity contribution < 1.29 is 13.5 Å². The number of aromatic amines is 1. The summed E-state index contributed by atoms with van der Waals surface area (Å²) in [6.45, 7) is 2.47. The SMILES string of the molecule is COC(=S)NC(c1cc(F)c(N2CCNCC2)c(F)c1)c1cn[nH]n1. The number of aromatic nitrogens is 3. The van der Waals surface area contributed by atoms with Crippen LogP contribution in [0.1, 0.15) is 17.3 Å². The maximum absolute atomic E-state index is 14.7. The summed E-state index contributed by atoms with van der Waals surface area (Å²) >= 11 is 5.00. The van der Waals surface area contributed by atoms with Gasteiger partial charge < -0.3 is 20.3 Å². The molecule has 1 aromatic carbocycles. The van der Waals surface area contributed by atoms with Crippen LogP contribution in [0, 0.1) is 11.6 Å². The summed E-state index contributed by atoms with van der Waals surface area (Å²) < 4.78 is 34.3. The molecule has 1 aliphatic heterocycles. The molecule has 0 saturated carbocycles. The van der Waals surface area contributed by atoms with E-state index in [4.69, 9.17) is 17.0 Å². The van der Waals surface area contributed by atoms with Crippen LogP contribution in [-0.2, 0) is 4.74 Å². The van der Waals surface area contributed by atoms with E-state index >= 15 is 0 Å². The molecule has 1 saturated heterocycles. The zero-order chi connectivity index (χ0) is 17.8. The van der Waals surface area contributed by atoms with Gasteiger partial charge in [0, 0.05) is 26.2 Å². The van der Waals surface area contributed by atoms with Gasteiger partial charge >= 0.3 is 0 Å². The van der Waals surface area contributed by atoms with Gasteiger partial charge in [0.15, 0.2) is 0 Å². The Hall–Kier alpha value is -2.33. The Morgan fingerprint density at radius 1 is 1.32 bits per heavy atom. The normalized spacial score (nSPS) is 15.7. The Kier molecular flexibility index (Phi) is 5.39. The van der Waals surface area contributed by atoms with Crippen molar-refractivity contribution in [1.29, 1.82) is 0 Å². The number of hydrogen-bond donors (Lipinski definition) is 3. The molecule has 3 rings (SSSR count). The Labute approximate surface area is 148 Å². The fraction of sp³-hybridized carbons (Fsp3) is 0.400. The van der Waals surface area contributed by atoms with E-state index in [0.717, 1.165) is 0 Å². The van der Waals surface area contributed by atoms with E-state index in [2.05, 4.69) is 26.0 Å². The van der Waals surface area contributed by atoms with Gasteiger partial charge in [0.1, 0.15) is 29.1 Å². The molecule has 1 unspecified atom stereocenters. The summed E-state index contributed by atoms with van der Waals surface area (Å²) in [4.78, 5) is 1.70. The molecule has 2 aromatic rings. The van der Waals surface area contributed by atoms with Crippen LogP contribution in [0.4, 0.5) is 14.5 Å². The summed E-state index contributed by atoms with van der Waals surface area (Å²) in [6.07, 6.45) is 1.45. The number of nitrogens with one attached hydrogen (secondary N) is 3. The van der Waals surface area contributed by atoms with Gasteiger partial charge in [0.05, 0.1) is 13.3 Å². The number of rotatable bonds is 4. The van der Waals surface area contributed by atoms with E-state index in [1.165, 1.54) is 25.4 Å². The molecular weight excluding hydrogens is 350 g/mol. The lowest BCUT2D eigenvalue weighted by Crippen LogP contribution is -2.44. The van der Waals surface area contributed by atoms with Crippen molar-refractivity contribution in [3.63, 3.8) is 0 Å². The molecule has 0 amide bonds. The monoisotopic (exact) mass is 368 g/mol. The van der Waals surface area contributed by atoms with Crippen molar-refractivity contribution in [3.05, 3.63) is 41.2 Å². The number of benzene rings is 1. The van der Waals surface area contributed by atoms with Crippen LogP contribution in [-0.4, -0.2) is 53.9 Å². The molecule has 1 atom stereocenters. The topological polar surface area (TPSA) is 78.1 Å². The summed E-state index contributed by atoms with van der Waals surface area (Å²) in [6, 6.07) is 1.88. The molecule has 2 heterocycles. The first-order chi connectivity index (χ1) is 12.1. The lowest BCUT2D eigenvalue weighted by atomic mass is 10.0. The second-order valence-electron chi connectivity index (χ2n) is 5.53. The second-order valence-corrected chi connectivity index (χ2v) is 5.90. The first kappa shape index (κ1) is 17.5. The van der Waals surface area contributed by atoms with E-state index in [-0.39, 0.29) is 10.9 Å². The average molecular weight is 368 g/mol. The van der Waals surface area contributed by atoms with Gasteiger partial charge in [-0.1, -0.05) is 0 Å². The highest BCUT2D eigenvalue weighted by Crippen LogP contribution is 2.29. The Bertz CT molecular complexity index is 713. The molecule has 3 N–H and O–H groups in total. The van der Waals surface area contributed by atoms with Gasteiger partial charge in [-0.25, -0.2) is 8.78 Å². The maximum Gasteiger partial charge on any atom is 0.257 e. The molecule has 25 heavy (non-hydrogen) atoms. The molecule has 0 aliphatic carbocycles. The zero-order valence-electron chi connectivity index (χ0n) is 13.6. The highest BCUT2D eigenvalue weighted by atomic mass is 32.1. The van der Waals surface area contributed by atoms with E-state index in [1.807, 2.05) is 0 Å². The fourth-order valence-electron chi connectivity index (χ4n) is 2.80. The Balaban J connectivity index is 1.95. The van der Waals surface area contributed by atoms with Crippen molar-refractivity contribution in [2.75, 3.05) is 38.2 Å². The van der Waals surface area contributed by atoms with E-state index in [0.29, 0.717) is 37.4 Å². The number of H-pyrrole nitrogens is 1. The van der Waals surface area contributed by atoms with E-state index in [9.17, 15) is 8.78 Å².